The fourth-order valence-corrected chi connectivity index (χ4v) is 9.76. The number of aliphatic carboxylic acids is 1. The maximum absolute atomic E-state index is 11.6. The number of carboxylic acids is 1. The first-order valence-corrected chi connectivity index (χ1v) is 13.4. The van der Waals surface area contributed by atoms with Gasteiger partial charge in [-0.3, -0.25) is 4.79 Å². The zero-order valence-corrected chi connectivity index (χ0v) is 21.9. The highest BCUT2D eigenvalue weighted by molar-refractivity contribution is 5.66. The molecule has 9 atom stereocenters. The second-order valence-corrected chi connectivity index (χ2v) is 13.5. The first-order chi connectivity index (χ1) is 14.8. The normalized spacial score (nSPS) is 50.5. The lowest BCUT2D eigenvalue weighted by atomic mass is 9.35. The van der Waals surface area contributed by atoms with Crippen molar-refractivity contribution in [3.8, 4) is 0 Å². The Morgan fingerprint density at radius 1 is 1.09 bits per heavy atom. The molecule has 4 aliphatic rings. The smallest absolute Gasteiger partial charge is 0.303 e. The molecule has 4 aliphatic carbocycles. The lowest BCUT2D eigenvalue weighted by molar-refractivity contribution is -0.150. The van der Waals surface area contributed by atoms with Gasteiger partial charge in [0.05, 0.1) is 0 Å². The maximum atomic E-state index is 11.6. The third-order valence-corrected chi connectivity index (χ3v) is 12.1. The van der Waals surface area contributed by atoms with E-state index in [0.29, 0.717) is 23.2 Å². The lowest BCUT2D eigenvalue weighted by Crippen LogP contribution is -2.61. The Hall–Kier alpha value is -1.05. The molecule has 0 bridgehead atoms. The van der Waals surface area contributed by atoms with Crippen molar-refractivity contribution in [3.05, 3.63) is 23.8 Å². The third kappa shape index (κ3) is 3.21. The summed E-state index contributed by atoms with van der Waals surface area (Å²) in [5.41, 5.74) is 3.98. The van der Waals surface area contributed by atoms with Crippen LogP contribution in [0.15, 0.2) is 23.8 Å². The molecule has 0 heterocycles. The highest BCUT2D eigenvalue weighted by Gasteiger charge is 2.65. The number of carbonyl (C=O) groups is 1. The molecule has 3 saturated carbocycles. The van der Waals surface area contributed by atoms with Crippen LogP contribution in [0.3, 0.4) is 0 Å². The van der Waals surface area contributed by atoms with Crippen LogP contribution in [0.25, 0.3) is 0 Å². The average Bonchev–Trinajstić information content (AvgIpc) is 2.70. The van der Waals surface area contributed by atoms with Crippen molar-refractivity contribution in [2.75, 3.05) is 0 Å². The van der Waals surface area contributed by atoms with E-state index in [1.807, 2.05) is 0 Å². The Kier molecular flexibility index (Phi) is 5.83. The molecule has 0 amide bonds. The molecule has 0 saturated heterocycles. The van der Waals surface area contributed by atoms with E-state index in [1.165, 1.54) is 37.7 Å². The molecule has 1 unspecified atom stereocenters. The Morgan fingerprint density at radius 2 is 1.78 bits per heavy atom. The molecule has 2 heteroatoms. The minimum atomic E-state index is -0.657. The van der Waals surface area contributed by atoms with Gasteiger partial charge in [0.25, 0.3) is 0 Å². The van der Waals surface area contributed by atoms with Crippen LogP contribution in [0, 0.1) is 51.2 Å². The van der Waals surface area contributed by atoms with Gasteiger partial charge in [-0.25, -0.2) is 0 Å². The molecule has 0 aromatic heterocycles. The predicted molar refractivity (Wildman–Crippen MR) is 133 cm³/mol. The van der Waals surface area contributed by atoms with Crippen molar-refractivity contribution in [1.29, 1.82) is 0 Å². The summed E-state index contributed by atoms with van der Waals surface area (Å²) in [6, 6.07) is 0. The third-order valence-electron chi connectivity index (χ3n) is 12.1. The maximum Gasteiger partial charge on any atom is 0.303 e. The van der Waals surface area contributed by atoms with Gasteiger partial charge in [-0.15, -0.1) is 0 Å². The number of fused-ring (bicyclic) bond motifs is 5. The molecule has 4 rings (SSSR count). The van der Waals surface area contributed by atoms with Crippen LogP contribution in [-0.4, -0.2) is 11.1 Å². The molecule has 3 fully saturated rings. The first-order valence-electron chi connectivity index (χ1n) is 13.4. The van der Waals surface area contributed by atoms with Crippen LogP contribution in [0.2, 0.25) is 0 Å². The number of rotatable bonds is 4. The average molecular weight is 441 g/mol. The van der Waals surface area contributed by atoms with Gasteiger partial charge in [-0.1, -0.05) is 65.3 Å². The second-order valence-electron chi connectivity index (χ2n) is 13.5. The number of allylic oxidation sites excluding steroid dienone is 3. The highest BCUT2D eigenvalue weighted by Crippen LogP contribution is 2.74. The Morgan fingerprint density at radius 3 is 2.41 bits per heavy atom. The van der Waals surface area contributed by atoms with E-state index < -0.39 is 5.97 Å². The standard InChI is InChI=1S/C30H48O2/c1-19(2)22-12-16-30(8)24(28(22,6)15-13-25(31)32)10-9-23-26-21(4)20(3)11-14-27(26,5)17-18-29(23,30)7/h9,20-22,24,26H,1,10-18H2,2-8H3,(H,31,32)/t20-,21-,22+,24?,26+,27-,28+,29-,30+/m1/s1. The zero-order chi connectivity index (χ0) is 23.7. The van der Waals surface area contributed by atoms with Crippen LogP contribution >= 0.6 is 0 Å². The summed E-state index contributed by atoms with van der Waals surface area (Å²) >= 11 is 0. The van der Waals surface area contributed by atoms with Crippen LogP contribution in [0.1, 0.15) is 106 Å². The van der Waals surface area contributed by atoms with E-state index in [4.69, 9.17) is 0 Å². The van der Waals surface area contributed by atoms with Gasteiger partial charge in [0, 0.05) is 6.42 Å². The minimum Gasteiger partial charge on any atom is -0.481 e. The molecular formula is C30H48O2. The van der Waals surface area contributed by atoms with E-state index in [9.17, 15) is 9.90 Å². The largest absolute Gasteiger partial charge is 0.481 e. The van der Waals surface area contributed by atoms with E-state index in [1.54, 1.807) is 5.57 Å². The SMILES string of the molecule is C=C(C)[C@@H]1CC[C@@]2(C)C(CC=C3[C@@H]4[C@H](C)[C@H](C)CC[C@]4(C)CC[C@]32C)[C@@]1(C)CCC(=O)O. The van der Waals surface area contributed by atoms with Gasteiger partial charge < -0.3 is 5.11 Å². The van der Waals surface area contributed by atoms with E-state index in [0.717, 1.165) is 31.1 Å². The van der Waals surface area contributed by atoms with Gasteiger partial charge in [0.2, 0.25) is 0 Å². The molecular weight excluding hydrogens is 392 g/mol. The number of hydrogen-bond acceptors (Lipinski definition) is 1. The fraction of sp³-hybridized carbons (Fsp3) is 0.833. The molecule has 32 heavy (non-hydrogen) atoms. The predicted octanol–water partition coefficient (Wildman–Crippen LogP) is 8.28. The molecule has 0 aromatic rings. The molecule has 0 spiro atoms. The molecule has 0 aliphatic heterocycles. The summed E-state index contributed by atoms with van der Waals surface area (Å²) in [4.78, 5) is 11.6. The van der Waals surface area contributed by atoms with Crippen molar-refractivity contribution in [2.24, 2.45) is 51.2 Å². The fourth-order valence-electron chi connectivity index (χ4n) is 9.76. The molecule has 180 valence electrons. The quantitative estimate of drug-likeness (QED) is 0.446. The van der Waals surface area contributed by atoms with E-state index in [-0.39, 0.29) is 22.7 Å². The van der Waals surface area contributed by atoms with Crippen LogP contribution in [0.4, 0.5) is 0 Å². The summed E-state index contributed by atoms with van der Waals surface area (Å²) in [6.45, 7) is 21.8. The monoisotopic (exact) mass is 440 g/mol. The first kappa shape index (κ1) is 24.1. The molecule has 0 radical (unpaired) electrons. The van der Waals surface area contributed by atoms with Crippen molar-refractivity contribution in [2.45, 2.75) is 106 Å². The molecule has 1 N–H and O–H groups in total. The van der Waals surface area contributed by atoms with Crippen LogP contribution in [0.5, 0.6) is 0 Å². The molecule has 2 nitrogen and oxygen atoms in total. The summed E-state index contributed by atoms with van der Waals surface area (Å²) in [5, 5.41) is 9.56. The molecule has 0 aromatic carbocycles. The number of carboxylic acid groups (broad SMARTS) is 1. The van der Waals surface area contributed by atoms with Crippen molar-refractivity contribution in [3.63, 3.8) is 0 Å². The topological polar surface area (TPSA) is 37.3 Å². The van der Waals surface area contributed by atoms with E-state index in [2.05, 4.69) is 61.1 Å². The highest BCUT2D eigenvalue weighted by atomic mass is 16.4. The van der Waals surface area contributed by atoms with Gasteiger partial charge in [0.15, 0.2) is 0 Å². The summed E-state index contributed by atoms with van der Waals surface area (Å²) in [6.07, 6.45) is 12.7. The van der Waals surface area contributed by atoms with Gasteiger partial charge in [0.1, 0.15) is 0 Å². The summed E-state index contributed by atoms with van der Waals surface area (Å²) < 4.78 is 0. The van der Waals surface area contributed by atoms with Crippen molar-refractivity contribution < 1.29 is 9.90 Å². The Bertz CT molecular complexity index is 825. The van der Waals surface area contributed by atoms with Gasteiger partial charge in [-0.05, 0) is 110 Å². The zero-order valence-electron chi connectivity index (χ0n) is 21.9. The van der Waals surface area contributed by atoms with Crippen molar-refractivity contribution >= 4 is 5.97 Å². The van der Waals surface area contributed by atoms with Gasteiger partial charge in [-0.2, -0.15) is 0 Å². The summed E-state index contributed by atoms with van der Waals surface area (Å²) in [7, 11) is 0. The Labute approximate surface area is 197 Å². The lowest BCUT2D eigenvalue weighted by Gasteiger charge is -2.69. The Balaban J connectivity index is 1.80. The van der Waals surface area contributed by atoms with Gasteiger partial charge >= 0.3 is 5.97 Å². The van der Waals surface area contributed by atoms with Crippen LogP contribution in [-0.2, 0) is 4.79 Å². The van der Waals surface area contributed by atoms with E-state index >= 15 is 0 Å². The second kappa shape index (κ2) is 7.74. The minimum absolute atomic E-state index is 0.00842. The van der Waals surface area contributed by atoms with Crippen molar-refractivity contribution in [1.82, 2.24) is 0 Å². The van der Waals surface area contributed by atoms with Crippen LogP contribution < -0.4 is 0 Å². The number of hydrogen-bond donors (Lipinski definition) is 1. The summed E-state index contributed by atoms with van der Waals surface area (Å²) in [5.74, 6) is 2.58.